The predicted molar refractivity (Wildman–Crippen MR) is 101 cm³/mol. The lowest BCUT2D eigenvalue weighted by Gasteiger charge is -2.22. The second kappa shape index (κ2) is 8.97. The van der Waals surface area contributed by atoms with Gasteiger partial charge in [-0.15, -0.1) is 0 Å². The summed E-state index contributed by atoms with van der Waals surface area (Å²) < 4.78 is 4.88. The standard InChI is InChI=1S/C20H25N3O5/c1-28-14-18(25)22-10-5-9-21(12-13-22)17(24)8-4-11-23-19(26)15-6-2-3-7-16(15)20(23)27/h2-3,6-7H,4-5,8-14H2,1H3. The Labute approximate surface area is 164 Å². The van der Waals surface area contributed by atoms with Gasteiger partial charge in [0, 0.05) is 46.3 Å². The number of amides is 4. The third kappa shape index (κ3) is 4.22. The second-order valence-electron chi connectivity index (χ2n) is 6.96. The number of ether oxygens (including phenoxy) is 1. The van der Waals surface area contributed by atoms with Crippen LogP contribution in [0.5, 0.6) is 0 Å². The molecular formula is C20H25N3O5. The molecule has 2 aliphatic heterocycles. The summed E-state index contributed by atoms with van der Waals surface area (Å²) in [6.07, 6.45) is 1.41. The molecule has 0 aromatic heterocycles. The Balaban J connectivity index is 1.47. The maximum atomic E-state index is 12.5. The lowest BCUT2D eigenvalue weighted by atomic mass is 10.1. The minimum Gasteiger partial charge on any atom is -0.375 e. The minimum atomic E-state index is -0.296. The topological polar surface area (TPSA) is 87.2 Å². The zero-order chi connectivity index (χ0) is 20.1. The molecule has 1 aromatic rings. The highest BCUT2D eigenvalue weighted by Crippen LogP contribution is 2.22. The Bertz CT molecular complexity index is 744. The molecule has 0 bridgehead atoms. The Morgan fingerprint density at radius 1 is 0.929 bits per heavy atom. The van der Waals surface area contributed by atoms with E-state index in [-0.39, 0.29) is 43.2 Å². The molecule has 2 heterocycles. The average molecular weight is 387 g/mol. The summed E-state index contributed by atoms with van der Waals surface area (Å²) in [5.74, 6) is -0.676. The first-order chi connectivity index (χ1) is 13.5. The van der Waals surface area contributed by atoms with Crippen LogP contribution in [0.1, 0.15) is 40.0 Å². The summed E-state index contributed by atoms with van der Waals surface area (Å²) in [7, 11) is 1.49. The van der Waals surface area contributed by atoms with Crippen molar-refractivity contribution in [2.75, 3.05) is 46.4 Å². The smallest absolute Gasteiger partial charge is 0.261 e. The van der Waals surface area contributed by atoms with Crippen LogP contribution in [0.4, 0.5) is 0 Å². The van der Waals surface area contributed by atoms with Crippen molar-refractivity contribution in [2.24, 2.45) is 0 Å². The number of rotatable bonds is 6. The first-order valence-corrected chi connectivity index (χ1v) is 9.52. The van der Waals surface area contributed by atoms with Crippen molar-refractivity contribution in [2.45, 2.75) is 19.3 Å². The normalized spacial score (nSPS) is 17.0. The first kappa shape index (κ1) is 20.0. The molecule has 0 aliphatic carbocycles. The van der Waals surface area contributed by atoms with Crippen LogP contribution in [0.25, 0.3) is 0 Å². The number of imide groups is 1. The van der Waals surface area contributed by atoms with Crippen LogP contribution in [0.15, 0.2) is 24.3 Å². The minimum absolute atomic E-state index is 0.0161. The molecule has 0 spiro atoms. The SMILES string of the molecule is COCC(=O)N1CCCN(C(=O)CCCN2C(=O)c3ccccc3C2=O)CC1. The highest BCUT2D eigenvalue weighted by atomic mass is 16.5. The number of nitrogens with zero attached hydrogens (tertiary/aromatic N) is 3. The monoisotopic (exact) mass is 387 g/mol. The van der Waals surface area contributed by atoms with Crippen LogP contribution < -0.4 is 0 Å². The molecule has 1 aromatic carbocycles. The molecule has 28 heavy (non-hydrogen) atoms. The van der Waals surface area contributed by atoms with Crippen molar-refractivity contribution in [3.63, 3.8) is 0 Å². The molecule has 150 valence electrons. The lowest BCUT2D eigenvalue weighted by molar-refractivity contribution is -0.136. The Kier molecular flexibility index (Phi) is 6.41. The van der Waals surface area contributed by atoms with Gasteiger partial charge in [0.1, 0.15) is 6.61 Å². The van der Waals surface area contributed by atoms with Gasteiger partial charge in [0.15, 0.2) is 0 Å². The molecule has 1 saturated heterocycles. The van der Waals surface area contributed by atoms with E-state index in [4.69, 9.17) is 4.74 Å². The zero-order valence-corrected chi connectivity index (χ0v) is 16.1. The molecule has 4 amide bonds. The van der Waals surface area contributed by atoms with Gasteiger partial charge in [-0.05, 0) is 25.0 Å². The van der Waals surface area contributed by atoms with E-state index >= 15 is 0 Å². The molecule has 0 atom stereocenters. The fraction of sp³-hybridized carbons (Fsp3) is 0.500. The maximum absolute atomic E-state index is 12.5. The first-order valence-electron chi connectivity index (χ1n) is 9.52. The molecular weight excluding hydrogens is 362 g/mol. The highest BCUT2D eigenvalue weighted by Gasteiger charge is 2.34. The largest absolute Gasteiger partial charge is 0.375 e. The molecule has 3 rings (SSSR count). The van der Waals surface area contributed by atoms with E-state index < -0.39 is 0 Å². The summed E-state index contributed by atoms with van der Waals surface area (Å²) in [4.78, 5) is 53.8. The van der Waals surface area contributed by atoms with Crippen molar-refractivity contribution in [3.8, 4) is 0 Å². The summed E-state index contributed by atoms with van der Waals surface area (Å²) >= 11 is 0. The van der Waals surface area contributed by atoms with Gasteiger partial charge in [-0.3, -0.25) is 24.1 Å². The number of carbonyl (C=O) groups is 4. The van der Waals surface area contributed by atoms with E-state index in [2.05, 4.69) is 0 Å². The predicted octanol–water partition coefficient (Wildman–Crippen LogP) is 0.770. The number of carbonyl (C=O) groups excluding carboxylic acids is 4. The molecule has 8 nitrogen and oxygen atoms in total. The lowest BCUT2D eigenvalue weighted by Crippen LogP contribution is -2.39. The Morgan fingerprint density at radius 3 is 2.07 bits per heavy atom. The molecule has 0 unspecified atom stereocenters. The van der Waals surface area contributed by atoms with Crippen molar-refractivity contribution in [1.29, 1.82) is 0 Å². The van der Waals surface area contributed by atoms with E-state index in [0.717, 1.165) is 6.42 Å². The van der Waals surface area contributed by atoms with Crippen molar-refractivity contribution in [3.05, 3.63) is 35.4 Å². The average Bonchev–Trinajstić information content (AvgIpc) is 2.87. The third-order valence-electron chi connectivity index (χ3n) is 5.12. The molecule has 0 saturated carbocycles. The highest BCUT2D eigenvalue weighted by molar-refractivity contribution is 6.21. The zero-order valence-electron chi connectivity index (χ0n) is 16.1. The number of hydrogen-bond donors (Lipinski definition) is 0. The summed E-state index contributed by atoms with van der Waals surface area (Å²) in [6, 6.07) is 6.76. The van der Waals surface area contributed by atoms with Crippen molar-refractivity contribution >= 4 is 23.6 Å². The number of fused-ring (bicyclic) bond motifs is 1. The van der Waals surface area contributed by atoms with Crippen LogP contribution in [0.3, 0.4) is 0 Å². The summed E-state index contributed by atoms with van der Waals surface area (Å²) in [5, 5.41) is 0. The second-order valence-corrected chi connectivity index (χ2v) is 6.96. The molecule has 0 N–H and O–H groups in total. The van der Waals surface area contributed by atoms with Gasteiger partial charge < -0.3 is 14.5 Å². The van der Waals surface area contributed by atoms with Gasteiger partial charge in [-0.2, -0.15) is 0 Å². The molecule has 0 radical (unpaired) electrons. The van der Waals surface area contributed by atoms with Crippen molar-refractivity contribution < 1.29 is 23.9 Å². The van der Waals surface area contributed by atoms with Gasteiger partial charge >= 0.3 is 0 Å². The summed E-state index contributed by atoms with van der Waals surface area (Å²) in [6.45, 7) is 2.47. The van der Waals surface area contributed by atoms with E-state index in [1.807, 2.05) is 0 Å². The molecule has 8 heteroatoms. The Morgan fingerprint density at radius 2 is 1.50 bits per heavy atom. The third-order valence-corrected chi connectivity index (χ3v) is 5.12. The van der Waals surface area contributed by atoms with E-state index in [0.29, 0.717) is 43.7 Å². The van der Waals surface area contributed by atoms with Crippen molar-refractivity contribution in [1.82, 2.24) is 14.7 Å². The van der Waals surface area contributed by atoms with Crippen LogP contribution >= 0.6 is 0 Å². The van der Waals surface area contributed by atoms with Gasteiger partial charge in [-0.1, -0.05) is 12.1 Å². The fourth-order valence-electron chi connectivity index (χ4n) is 3.62. The summed E-state index contributed by atoms with van der Waals surface area (Å²) in [5.41, 5.74) is 0.847. The van der Waals surface area contributed by atoms with Gasteiger partial charge in [-0.25, -0.2) is 0 Å². The fourth-order valence-corrected chi connectivity index (χ4v) is 3.62. The van der Waals surface area contributed by atoms with Crippen LogP contribution in [-0.2, 0) is 14.3 Å². The quantitative estimate of drug-likeness (QED) is 0.673. The maximum Gasteiger partial charge on any atom is 0.261 e. The van der Waals surface area contributed by atoms with Gasteiger partial charge in [0.25, 0.3) is 11.8 Å². The van der Waals surface area contributed by atoms with Gasteiger partial charge in [0.05, 0.1) is 11.1 Å². The number of hydrogen-bond acceptors (Lipinski definition) is 5. The van der Waals surface area contributed by atoms with E-state index in [1.54, 1.807) is 34.1 Å². The number of benzene rings is 1. The van der Waals surface area contributed by atoms with E-state index in [1.165, 1.54) is 12.0 Å². The molecule has 2 aliphatic rings. The van der Waals surface area contributed by atoms with Crippen LogP contribution in [-0.4, -0.2) is 84.8 Å². The van der Waals surface area contributed by atoms with E-state index in [9.17, 15) is 19.2 Å². The van der Waals surface area contributed by atoms with Crippen LogP contribution in [0.2, 0.25) is 0 Å². The number of methoxy groups -OCH3 is 1. The molecule has 1 fully saturated rings. The van der Waals surface area contributed by atoms with Crippen LogP contribution in [0, 0.1) is 0 Å². The van der Waals surface area contributed by atoms with Gasteiger partial charge in [0.2, 0.25) is 11.8 Å². The Hall–Kier alpha value is -2.74.